The van der Waals surface area contributed by atoms with E-state index in [0.717, 1.165) is 12.8 Å². The maximum Gasteiger partial charge on any atom is 0.140 e. The average molecular weight is 276 g/mol. The summed E-state index contributed by atoms with van der Waals surface area (Å²) in [5.41, 5.74) is 2.62. The van der Waals surface area contributed by atoms with Crippen molar-refractivity contribution >= 4 is 28.5 Å². The Bertz CT molecular complexity index is 524. The summed E-state index contributed by atoms with van der Waals surface area (Å²) in [6.07, 6.45) is 4.98. The second kappa shape index (κ2) is 5.37. The quantitative estimate of drug-likeness (QED) is 0.807. The number of thiophene rings is 2. The molecule has 94 valence electrons. The Hall–Kier alpha value is -0.930. The number of ketones is 1. The van der Waals surface area contributed by atoms with Gasteiger partial charge < -0.3 is 0 Å². The van der Waals surface area contributed by atoms with Gasteiger partial charge in [-0.25, -0.2) is 0 Å². The Morgan fingerprint density at radius 1 is 1.33 bits per heavy atom. The molecule has 0 fully saturated rings. The monoisotopic (exact) mass is 276 g/mol. The number of rotatable bonds is 4. The van der Waals surface area contributed by atoms with Gasteiger partial charge in [-0.05, 0) is 65.1 Å². The van der Waals surface area contributed by atoms with Gasteiger partial charge in [0.15, 0.2) is 0 Å². The van der Waals surface area contributed by atoms with Gasteiger partial charge in [-0.2, -0.15) is 11.3 Å². The van der Waals surface area contributed by atoms with Crippen LogP contribution in [0, 0.1) is 0 Å². The van der Waals surface area contributed by atoms with Crippen molar-refractivity contribution in [3.63, 3.8) is 0 Å². The van der Waals surface area contributed by atoms with Gasteiger partial charge in [0, 0.05) is 17.2 Å². The predicted molar refractivity (Wildman–Crippen MR) is 77.6 cm³/mol. The third-order valence-corrected chi connectivity index (χ3v) is 5.41. The van der Waals surface area contributed by atoms with E-state index in [4.69, 9.17) is 0 Å². The second-order valence-electron chi connectivity index (χ2n) is 4.84. The van der Waals surface area contributed by atoms with Crippen LogP contribution in [0.15, 0.2) is 28.3 Å². The molecule has 1 unspecified atom stereocenters. The molecule has 1 atom stereocenters. The lowest BCUT2D eigenvalue weighted by molar-refractivity contribution is -0.120. The first-order valence-electron chi connectivity index (χ1n) is 6.44. The van der Waals surface area contributed by atoms with Crippen molar-refractivity contribution in [3.8, 4) is 0 Å². The van der Waals surface area contributed by atoms with E-state index in [9.17, 15) is 4.79 Å². The highest BCUT2D eigenvalue weighted by molar-refractivity contribution is 7.10. The lowest BCUT2D eigenvalue weighted by Crippen LogP contribution is -2.17. The van der Waals surface area contributed by atoms with Gasteiger partial charge in [-0.15, -0.1) is 11.3 Å². The first kappa shape index (κ1) is 12.1. The molecule has 2 aromatic rings. The number of hydrogen-bond acceptors (Lipinski definition) is 3. The van der Waals surface area contributed by atoms with Gasteiger partial charge in [-0.3, -0.25) is 4.79 Å². The normalized spacial score (nSPS) is 18.6. The molecule has 2 heterocycles. The topological polar surface area (TPSA) is 17.1 Å². The Balaban J connectivity index is 1.67. The summed E-state index contributed by atoms with van der Waals surface area (Å²) in [4.78, 5) is 13.8. The van der Waals surface area contributed by atoms with Gasteiger partial charge in [0.05, 0.1) is 0 Å². The fourth-order valence-corrected chi connectivity index (χ4v) is 4.39. The lowest BCUT2D eigenvalue weighted by Gasteiger charge is -2.21. The van der Waals surface area contributed by atoms with Crippen LogP contribution in [0.4, 0.5) is 0 Å². The van der Waals surface area contributed by atoms with E-state index in [1.54, 1.807) is 11.3 Å². The summed E-state index contributed by atoms with van der Waals surface area (Å²) in [7, 11) is 0. The van der Waals surface area contributed by atoms with E-state index in [1.807, 2.05) is 11.3 Å². The molecule has 0 saturated heterocycles. The fourth-order valence-electron chi connectivity index (χ4n) is 2.70. The average Bonchev–Trinajstić information content (AvgIpc) is 3.05. The molecule has 0 saturated carbocycles. The van der Waals surface area contributed by atoms with Crippen molar-refractivity contribution in [1.29, 1.82) is 0 Å². The SMILES string of the molecule is O=C(CCc1ccsc1)C1CCCc2sccc21. The number of carbonyl (C=O) groups is 1. The molecule has 1 aliphatic carbocycles. The number of aryl methyl sites for hydroxylation is 2. The number of carbonyl (C=O) groups excluding carboxylic acids is 1. The standard InChI is InChI=1S/C15H16OS2/c16-14(5-4-11-6-8-17-10-11)12-2-1-3-15-13(12)7-9-18-15/h6-10,12H,1-5H2. The van der Waals surface area contributed by atoms with Gasteiger partial charge in [-0.1, -0.05) is 0 Å². The van der Waals surface area contributed by atoms with Crippen molar-refractivity contribution in [1.82, 2.24) is 0 Å². The van der Waals surface area contributed by atoms with Gasteiger partial charge in [0.2, 0.25) is 0 Å². The molecule has 0 N–H and O–H groups in total. The summed E-state index contributed by atoms with van der Waals surface area (Å²) >= 11 is 3.52. The predicted octanol–water partition coefficient (Wildman–Crippen LogP) is 4.43. The Kier molecular flexibility index (Phi) is 3.62. The fraction of sp³-hybridized carbons (Fsp3) is 0.400. The van der Waals surface area contributed by atoms with Crippen LogP contribution in [0.2, 0.25) is 0 Å². The summed E-state index contributed by atoms with van der Waals surface area (Å²) in [6.45, 7) is 0. The van der Waals surface area contributed by atoms with Crippen molar-refractivity contribution in [3.05, 3.63) is 44.3 Å². The van der Waals surface area contributed by atoms with Gasteiger partial charge >= 0.3 is 0 Å². The molecule has 0 aromatic carbocycles. The van der Waals surface area contributed by atoms with E-state index in [-0.39, 0.29) is 5.92 Å². The zero-order valence-electron chi connectivity index (χ0n) is 10.2. The smallest absolute Gasteiger partial charge is 0.140 e. The number of fused-ring (bicyclic) bond motifs is 1. The molecular weight excluding hydrogens is 260 g/mol. The molecule has 3 heteroatoms. The molecule has 2 aromatic heterocycles. The molecule has 1 nitrogen and oxygen atoms in total. The summed E-state index contributed by atoms with van der Waals surface area (Å²) in [5.74, 6) is 0.610. The second-order valence-corrected chi connectivity index (χ2v) is 6.62. The van der Waals surface area contributed by atoms with E-state index >= 15 is 0 Å². The molecular formula is C15H16OS2. The Morgan fingerprint density at radius 3 is 3.11 bits per heavy atom. The molecule has 0 aliphatic heterocycles. The number of hydrogen-bond donors (Lipinski definition) is 0. The molecule has 0 spiro atoms. The maximum atomic E-state index is 12.4. The molecule has 0 bridgehead atoms. The Labute approximate surface area is 115 Å². The van der Waals surface area contributed by atoms with Crippen LogP contribution < -0.4 is 0 Å². The highest BCUT2D eigenvalue weighted by Crippen LogP contribution is 2.36. The van der Waals surface area contributed by atoms with Crippen LogP contribution in [-0.2, 0) is 17.6 Å². The van der Waals surface area contributed by atoms with Crippen LogP contribution in [0.5, 0.6) is 0 Å². The first-order valence-corrected chi connectivity index (χ1v) is 8.27. The van der Waals surface area contributed by atoms with Crippen molar-refractivity contribution in [2.45, 2.75) is 38.0 Å². The lowest BCUT2D eigenvalue weighted by atomic mass is 9.83. The van der Waals surface area contributed by atoms with E-state index in [0.29, 0.717) is 12.2 Å². The van der Waals surface area contributed by atoms with E-state index < -0.39 is 0 Å². The summed E-state index contributed by atoms with van der Waals surface area (Å²) in [6, 6.07) is 4.28. The van der Waals surface area contributed by atoms with Crippen LogP contribution >= 0.6 is 22.7 Å². The summed E-state index contributed by atoms with van der Waals surface area (Å²) in [5, 5.41) is 6.36. The number of Topliss-reactive ketones (excluding diaryl/α,β-unsaturated/α-hetero) is 1. The third-order valence-electron chi connectivity index (χ3n) is 3.68. The minimum absolute atomic E-state index is 0.179. The van der Waals surface area contributed by atoms with E-state index in [1.165, 1.54) is 28.8 Å². The minimum atomic E-state index is 0.179. The largest absolute Gasteiger partial charge is 0.299 e. The molecule has 3 rings (SSSR count). The van der Waals surface area contributed by atoms with Crippen molar-refractivity contribution < 1.29 is 4.79 Å². The van der Waals surface area contributed by atoms with Crippen LogP contribution in [0.25, 0.3) is 0 Å². The van der Waals surface area contributed by atoms with E-state index in [2.05, 4.69) is 28.3 Å². The molecule has 0 radical (unpaired) electrons. The zero-order valence-corrected chi connectivity index (χ0v) is 11.9. The Morgan fingerprint density at radius 2 is 2.28 bits per heavy atom. The molecule has 1 aliphatic rings. The highest BCUT2D eigenvalue weighted by atomic mass is 32.1. The molecule has 0 amide bonds. The van der Waals surface area contributed by atoms with Crippen LogP contribution in [-0.4, -0.2) is 5.78 Å². The van der Waals surface area contributed by atoms with Gasteiger partial charge in [0.1, 0.15) is 5.78 Å². The van der Waals surface area contributed by atoms with Gasteiger partial charge in [0.25, 0.3) is 0 Å². The third kappa shape index (κ3) is 2.43. The van der Waals surface area contributed by atoms with Crippen molar-refractivity contribution in [2.75, 3.05) is 0 Å². The van der Waals surface area contributed by atoms with Crippen molar-refractivity contribution in [2.24, 2.45) is 0 Å². The zero-order chi connectivity index (χ0) is 12.4. The maximum absolute atomic E-state index is 12.4. The summed E-state index contributed by atoms with van der Waals surface area (Å²) < 4.78 is 0. The van der Waals surface area contributed by atoms with Crippen LogP contribution in [0.1, 0.15) is 41.2 Å². The first-order chi connectivity index (χ1) is 8.84. The minimum Gasteiger partial charge on any atom is -0.299 e. The molecule has 18 heavy (non-hydrogen) atoms. The van der Waals surface area contributed by atoms with Crippen LogP contribution in [0.3, 0.4) is 0 Å². The highest BCUT2D eigenvalue weighted by Gasteiger charge is 2.26.